The van der Waals surface area contributed by atoms with Gasteiger partial charge in [0.05, 0.1) is 0 Å². The van der Waals surface area contributed by atoms with Gasteiger partial charge in [0.25, 0.3) is 5.91 Å². The lowest BCUT2D eigenvalue weighted by molar-refractivity contribution is 0.0937. The van der Waals surface area contributed by atoms with Gasteiger partial charge in [-0.15, -0.1) is 11.3 Å². The van der Waals surface area contributed by atoms with Gasteiger partial charge in [0.2, 0.25) is 6.79 Å². The maximum atomic E-state index is 12.0. The Labute approximate surface area is 125 Å². The molecule has 1 amide bonds. The summed E-state index contributed by atoms with van der Waals surface area (Å²) in [5.74, 6) is 1.21. The number of carbonyl (C=O) groups is 1. The van der Waals surface area contributed by atoms with Crippen LogP contribution < -0.4 is 20.5 Å². The highest BCUT2D eigenvalue weighted by Crippen LogP contribution is 2.36. The third-order valence-corrected chi connectivity index (χ3v) is 3.98. The van der Waals surface area contributed by atoms with Crippen LogP contribution >= 0.6 is 11.3 Å². The summed E-state index contributed by atoms with van der Waals surface area (Å²) in [6.07, 6.45) is 0. The van der Waals surface area contributed by atoms with Gasteiger partial charge >= 0.3 is 0 Å². The quantitative estimate of drug-likeness (QED) is 0.896. The predicted molar refractivity (Wildman–Crippen MR) is 79.7 cm³/mol. The average Bonchev–Trinajstić information content (AvgIpc) is 3.15. The van der Waals surface area contributed by atoms with E-state index in [0.717, 1.165) is 16.3 Å². The lowest BCUT2D eigenvalue weighted by Gasteiger charge is -2.09. The molecular formula is C14H15N3O3S. The Morgan fingerprint density at radius 2 is 2.29 bits per heavy atom. The fraction of sp³-hybridized carbons (Fsp3) is 0.286. The van der Waals surface area contributed by atoms with Crippen LogP contribution in [0.15, 0.2) is 23.6 Å². The number of nitrogens with two attached hydrogens (primary N) is 1. The SMILES string of the molecule is C[C@@H](CN)NC(=O)c1csc(-c2ccc3c(c2)OCO3)n1. The van der Waals surface area contributed by atoms with Crippen LogP contribution in [-0.4, -0.2) is 30.3 Å². The number of benzene rings is 1. The molecule has 2 heterocycles. The number of carbonyl (C=O) groups excluding carboxylic acids is 1. The lowest BCUT2D eigenvalue weighted by Crippen LogP contribution is -2.37. The van der Waals surface area contributed by atoms with Gasteiger partial charge < -0.3 is 20.5 Å². The van der Waals surface area contributed by atoms with Crippen molar-refractivity contribution in [2.45, 2.75) is 13.0 Å². The molecule has 1 aromatic heterocycles. The average molecular weight is 305 g/mol. The summed E-state index contributed by atoms with van der Waals surface area (Å²) in [4.78, 5) is 16.3. The molecule has 0 unspecified atom stereocenters. The van der Waals surface area contributed by atoms with E-state index in [4.69, 9.17) is 15.2 Å². The molecule has 6 nitrogen and oxygen atoms in total. The lowest BCUT2D eigenvalue weighted by atomic mass is 10.2. The van der Waals surface area contributed by atoms with E-state index in [1.54, 1.807) is 5.38 Å². The standard InChI is InChI=1S/C14H15N3O3S/c1-8(5-15)16-13(18)10-6-21-14(17-10)9-2-3-11-12(4-9)20-7-19-11/h2-4,6,8H,5,7,15H2,1H3,(H,16,18)/t8-/m0/s1. The molecule has 2 aromatic rings. The fourth-order valence-electron chi connectivity index (χ4n) is 1.90. The second-order valence-corrected chi connectivity index (χ2v) is 5.57. The Bertz CT molecular complexity index is 671. The van der Waals surface area contributed by atoms with Crippen LogP contribution in [0.2, 0.25) is 0 Å². The molecule has 0 saturated carbocycles. The molecule has 1 atom stereocenters. The Hall–Kier alpha value is -2.12. The van der Waals surface area contributed by atoms with Crippen LogP contribution in [0.4, 0.5) is 0 Å². The topological polar surface area (TPSA) is 86.5 Å². The van der Waals surface area contributed by atoms with Crippen LogP contribution in [0.25, 0.3) is 10.6 Å². The van der Waals surface area contributed by atoms with Crippen molar-refractivity contribution in [3.8, 4) is 22.1 Å². The number of ether oxygens (including phenoxy) is 2. The van der Waals surface area contributed by atoms with Gasteiger partial charge in [-0.3, -0.25) is 4.79 Å². The van der Waals surface area contributed by atoms with E-state index in [1.807, 2.05) is 25.1 Å². The van der Waals surface area contributed by atoms with Crippen molar-refractivity contribution in [2.24, 2.45) is 5.73 Å². The summed E-state index contributed by atoms with van der Waals surface area (Å²) in [6, 6.07) is 5.53. The number of hydrogen-bond acceptors (Lipinski definition) is 6. The van der Waals surface area contributed by atoms with Crippen molar-refractivity contribution < 1.29 is 14.3 Å². The molecule has 0 fully saturated rings. The summed E-state index contributed by atoms with van der Waals surface area (Å²) in [5, 5.41) is 5.29. The maximum absolute atomic E-state index is 12.0. The minimum atomic E-state index is -0.212. The molecule has 0 radical (unpaired) electrons. The van der Waals surface area contributed by atoms with Gasteiger partial charge in [-0.05, 0) is 25.1 Å². The van der Waals surface area contributed by atoms with E-state index in [0.29, 0.717) is 18.0 Å². The number of nitrogens with zero attached hydrogens (tertiary/aromatic N) is 1. The van der Waals surface area contributed by atoms with E-state index < -0.39 is 0 Å². The molecule has 0 saturated heterocycles. The normalized spacial score (nSPS) is 14.0. The molecule has 1 aliphatic rings. The van der Waals surface area contributed by atoms with Crippen LogP contribution in [0.1, 0.15) is 17.4 Å². The largest absolute Gasteiger partial charge is 0.454 e. The zero-order chi connectivity index (χ0) is 14.8. The molecular weight excluding hydrogens is 290 g/mol. The molecule has 0 bridgehead atoms. The molecule has 3 rings (SSSR count). The Balaban J connectivity index is 1.80. The smallest absolute Gasteiger partial charge is 0.271 e. The minimum Gasteiger partial charge on any atom is -0.454 e. The van der Waals surface area contributed by atoms with Crippen LogP contribution in [0.5, 0.6) is 11.5 Å². The first-order valence-corrected chi connectivity index (χ1v) is 7.42. The van der Waals surface area contributed by atoms with Gasteiger partial charge in [0, 0.05) is 23.5 Å². The number of amides is 1. The number of thiazole rings is 1. The number of aromatic nitrogens is 1. The second-order valence-electron chi connectivity index (χ2n) is 4.72. The maximum Gasteiger partial charge on any atom is 0.271 e. The van der Waals surface area contributed by atoms with E-state index in [1.165, 1.54) is 11.3 Å². The first kappa shape index (κ1) is 13.8. The van der Waals surface area contributed by atoms with Gasteiger partial charge in [0.15, 0.2) is 11.5 Å². The van der Waals surface area contributed by atoms with E-state index in [-0.39, 0.29) is 18.7 Å². The zero-order valence-corrected chi connectivity index (χ0v) is 12.3. The number of rotatable bonds is 4. The van der Waals surface area contributed by atoms with Gasteiger partial charge in [-0.25, -0.2) is 4.98 Å². The summed E-state index contributed by atoms with van der Waals surface area (Å²) >= 11 is 1.41. The Morgan fingerprint density at radius 1 is 1.48 bits per heavy atom. The highest BCUT2D eigenvalue weighted by Gasteiger charge is 2.17. The third kappa shape index (κ3) is 2.84. The van der Waals surface area contributed by atoms with Crippen LogP contribution in [0.3, 0.4) is 0 Å². The zero-order valence-electron chi connectivity index (χ0n) is 11.5. The molecule has 21 heavy (non-hydrogen) atoms. The number of nitrogens with one attached hydrogen (secondary N) is 1. The van der Waals surface area contributed by atoms with Crippen molar-refractivity contribution in [3.63, 3.8) is 0 Å². The molecule has 0 aliphatic carbocycles. The molecule has 3 N–H and O–H groups in total. The van der Waals surface area contributed by atoms with Crippen molar-refractivity contribution in [2.75, 3.05) is 13.3 Å². The Morgan fingerprint density at radius 3 is 3.10 bits per heavy atom. The van der Waals surface area contributed by atoms with Gasteiger partial charge in [-0.2, -0.15) is 0 Å². The summed E-state index contributed by atoms with van der Waals surface area (Å²) < 4.78 is 10.6. The summed E-state index contributed by atoms with van der Waals surface area (Å²) in [7, 11) is 0. The van der Waals surface area contributed by atoms with Gasteiger partial charge in [0.1, 0.15) is 10.7 Å². The van der Waals surface area contributed by atoms with E-state index >= 15 is 0 Å². The first-order valence-electron chi connectivity index (χ1n) is 6.54. The third-order valence-electron chi connectivity index (χ3n) is 3.09. The van der Waals surface area contributed by atoms with Crippen LogP contribution in [-0.2, 0) is 0 Å². The van der Waals surface area contributed by atoms with Crippen molar-refractivity contribution >= 4 is 17.2 Å². The molecule has 110 valence electrons. The highest BCUT2D eigenvalue weighted by atomic mass is 32.1. The highest BCUT2D eigenvalue weighted by molar-refractivity contribution is 7.13. The molecule has 1 aromatic carbocycles. The Kier molecular flexibility index (Phi) is 3.76. The molecule has 0 spiro atoms. The fourth-order valence-corrected chi connectivity index (χ4v) is 2.69. The summed E-state index contributed by atoms with van der Waals surface area (Å²) in [5.41, 5.74) is 6.78. The van der Waals surface area contributed by atoms with Gasteiger partial charge in [-0.1, -0.05) is 0 Å². The first-order chi connectivity index (χ1) is 10.2. The van der Waals surface area contributed by atoms with Crippen LogP contribution in [0, 0.1) is 0 Å². The van der Waals surface area contributed by atoms with E-state index in [9.17, 15) is 4.79 Å². The monoisotopic (exact) mass is 305 g/mol. The number of hydrogen-bond donors (Lipinski definition) is 2. The predicted octanol–water partition coefficient (Wildman–Crippen LogP) is 1.62. The second kappa shape index (κ2) is 5.71. The minimum absolute atomic E-state index is 0.0757. The number of fused-ring (bicyclic) bond motifs is 1. The molecule has 7 heteroatoms. The van der Waals surface area contributed by atoms with Crippen molar-refractivity contribution in [1.82, 2.24) is 10.3 Å². The van der Waals surface area contributed by atoms with Crippen molar-refractivity contribution in [1.29, 1.82) is 0 Å². The molecule has 1 aliphatic heterocycles. The van der Waals surface area contributed by atoms with E-state index in [2.05, 4.69) is 10.3 Å². The summed E-state index contributed by atoms with van der Waals surface area (Å²) in [6.45, 7) is 2.48. The van der Waals surface area contributed by atoms with Crippen molar-refractivity contribution in [3.05, 3.63) is 29.3 Å².